The molecule has 0 atom stereocenters. The molecule has 0 saturated carbocycles. The van der Waals surface area contributed by atoms with Crippen molar-refractivity contribution in [2.75, 3.05) is 0 Å². The van der Waals surface area contributed by atoms with E-state index in [0.717, 1.165) is 24.4 Å². The molecule has 16 heavy (non-hydrogen) atoms. The lowest BCUT2D eigenvalue weighted by molar-refractivity contribution is 0.844. The van der Waals surface area contributed by atoms with E-state index in [2.05, 4.69) is 28.6 Å². The summed E-state index contributed by atoms with van der Waals surface area (Å²) >= 11 is 1.75. The summed E-state index contributed by atoms with van der Waals surface area (Å²) < 4.78 is 1.85. The Morgan fingerprint density at radius 1 is 1.50 bits per heavy atom. The van der Waals surface area contributed by atoms with Crippen molar-refractivity contribution >= 4 is 11.3 Å². The van der Waals surface area contributed by atoms with Gasteiger partial charge in [-0.15, -0.1) is 11.3 Å². The molecule has 0 saturated heterocycles. The summed E-state index contributed by atoms with van der Waals surface area (Å²) in [6.07, 6.45) is 1.80. The predicted octanol–water partition coefficient (Wildman–Crippen LogP) is 2.45. The molecule has 0 N–H and O–H groups in total. The molecule has 0 aliphatic rings. The zero-order valence-electron chi connectivity index (χ0n) is 9.40. The molecule has 2 aromatic heterocycles. The van der Waals surface area contributed by atoms with Crippen molar-refractivity contribution in [3.63, 3.8) is 0 Å². The molecule has 2 aromatic rings. The van der Waals surface area contributed by atoms with Gasteiger partial charge in [0, 0.05) is 11.9 Å². The molecule has 0 aliphatic heterocycles. The van der Waals surface area contributed by atoms with Gasteiger partial charge in [-0.25, -0.2) is 4.98 Å². The van der Waals surface area contributed by atoms with Gasteiger partial charge in [0.05, 0.1) is 5.69 Å². The Morgan fingerprint density at radius 2 is 2.31 bits per heavy atom. The summed E-state index contributed by atoms with van der Waals surface area (Å²) in [7, 11) is 1.88. The lowest BCUT2D eigenvalue weighted by Crippen LogP contribution is -1.96. The average Bonchev–Trinajstić information content (AvgIpc) is 2.86. The molecule has 0 aromatic carbocycles. The van der Waals surface area contributed by atoms with Crippen molar-refractivity contribution in [3.8, 4) is 6.07 Å². The summed E-state index contributed by atoms with van der Waals surface area (Å²) in [5.74, 6) is 0.901. The number of hydrogen-bond donors (Lipinski definition) is 0. The fourth-order valence-corrected chi connectivity index (χ4v) is 2.40. The fourth-order valence-electron chi connectivity index (χ4n) is 1.69. The van der Waals surface area contributed by atoms with Crippen LogP contribution in [0, 0.1) is 18.3 Å². The molecular formula is C12H13N3S. The molecule has 0 radical (unpaired) electrons. The van der Waals surface area contributed by atoms with E-state index in [1.807, 2.05) is 18.5 Å². The Balaban J connectivity index is 2.16. The van der Waals surface area contributed by atoms with Crippen molar-refractivity contribution in [2.45, 2.75) is 19.8 Å². The quantitative estimate of drug-likeness (QED) is 0.814. The van der Waals surface area contributed by atoms with Gasteiger partial charge in [-0.05, 0) is 31.2 Å². The predicted molar refractivity (Wildman–Crippen MR) is 64.4 cm³/mol. The Morgan fingerprint density at radius 3 is 2.94 bits per heavy atom. The highest BCUT2D eigenvalue weighted by molar-refractivity contribution is 7.09. The number of hydrogen-bond acceptors (Lipinski definition) is 3. The van der Waals surface area contributed by atoms with Crippen LogP contribution in [0.3, 0.4) is 0 Å². The monoisotopic (exact) mass is 231 g/mol. The first-order chi connectivity index (χ1) is 7.72. The first-order valence-electron chi connectivity index (χ1n) is 5.17. The third kappa shape index (κ3) is 2.00. The fraction of sp³-hybridized carbons (Fsp3) is 0.333. The number of rotatable bonds is 3. The standard InChI is InChI=1S/C12H13N3S/c1-9-14-11(12(8-13)15(9)2)6-5-10-4-3-7-16-10/h3-4,7H,5-6H2,1-2H3. The van der Waals surface area contributed by atoms with E-state index in [4.69, 9.17) is 5.26 Å². The first-order valence-corrected chi connectivity index (χ1v) is 6.05. The second kappa shape index (κ2) is 4.50. The maximum absolute atomic E-state index is 9.06. The van der Waals surface area contributed by atoms with Crippen LogP contribution in [-0.2, 0) is 19.9 Å². The van der Waals surface area contributed by atoms with Gasteiger partial charge in [0.25, 0.3) is 0 Å². The normalized spacial score (nSPS) is 10.3. The molecule has 0 amide bonds. The van der Waals surface area contributed by atoms with Gasteiger partial charge in [0.2, 0.25) is 0 Å². The van der Waals surface area contributed by atoms with Crippen molar-refractivity contribution < 1.29 is 0 Å². The molecule has 2 heterocycles. The van der Waals surface area contributed by atoms with Crippen LogP contribution in [0.4, 0.5) is 0 Å². The van der Waals surface area contributed by atoms with E-state index < -0.39 is 0 Å². The molecule has 0 fully saturated rings. The van der Waals surface area contributed by atoms with Gasteiger partial charge in [-0.3, -0.25) is 0 Å². The van der Waals surface area contributed by atoms with Crippen molar-refractivity contribution in [2.24, 2.45) is 7.05 Å². The minimum absolute atomic E-state index is 0.689. The van der Waals surface area contributed by atoms with Gasteiger partial charge in [0.15, 0.2) is 0 Å². The van der Waals surface area contributed by atoms with Gasteiger partial charge in [-0.2, -0.15) is 5.26 Å². The van der Waals surface area contributed by atoms with Crippen LogP contribution in [0.25, 0.3) is 0 Å². The summed E-state index contributed by atoms with van der Waals surface area (Å²) in [5, 5.41) is 11.1. The Hall–Kier alpha value is -1.60. The summed E-state index contributed by atoms with van der Waals surface area (Å²) in [6, 6.07) is 6.39. The second-order valence-electron chi connectivity index (χ2n) is 3.70. The van der Waals surface area contributed by atoms with E-state index in [-0.39, 0.29) is 0 Å². The molecule has 0 aliphatic carbocycles. The van der Waals surface area contributed by atoms with E-state index in [1.165, 1.54) is 4.88 Å². The molecule has 0 spiro atoms. The van der Waals surface area contributed by atoms with Gasteiger partial charge < -0.3 is 4.57 Å². The number of nitriles is 1. The minimum atomic E-state index is 0.689. The Bertz CT molecular complexity index is 517. The van der Waals surface area contributed by atoms with Gasteiger partial charge >= 0.3 is 0 Å². The van der Waals surface area contributed by atoms with Gasteiger partial charge in [0.1, 0.15) is 17.6 Å². The highest BCUT2D eigenvalue weighted by Crippen LogP contribution is 2.15. The number of imidazole rings is 1. The van der Waals surface area contributed by atoms with Crippen LogP contribution < -0.4 is 0 Å². The van der Waals surface area contributed by atoms with E-state index >= 15 is 0 Å². The third-order valence-corrected chi connectivity index (χ3v) is 3.62. The second-order valence-corrected chi connectivity index (χ2v) is 4.74. The highest BCUT2D eigenvalue weighted by atomic mass is 32.1. The van der Waals surface area contributed by atoms with Crippen LogP contribution in [0.5, 0.6) is 0 Å². The molecule has 0 unspecified atom stereocenters. The lowest BCUT2D eigenvalue weighted by atomic mass is 10.2. The summed E-state index contributed by atoms with van der Waals surface area (Å²) in [5.41, 5.74) is 1.60. The highest BCUT2D eigenvalue weighted by Gasteiger charge is 2.11. The van der Waals surface area contributed by atoms with Gasteiger partial charge in [-0.1, -0.05) is 6.07 Å². The number of thiophene rings is 1. The number of aryl methyl sites for hydroxylation is 3. The molecule has 82 valence electrons. The largest absolute Gasteiger partial charge is 0.323 e. The molecule has 0 bridgehead atoms. The van der Waals surface area contributed by atoms with Crippen LogP contribution >= 0.6 is 11.3 Å². The molecule has 2 rings (SSSR count). The smallest absolute Gasteiger partial charge is 0.143 e. The first kappa shape index (κ1) is 10.9. The van der Waals surface area contributed by atoms with E-state index in [1.54, 1.807) is 11.3 Å². The average molecular weight is 231 g/mol. The zero-order chi connectivity index (χ0) is 11.5. The number of aromatic nitrogens is 2. The SMILES string of the molecule is Cc1nc(CCc2cccs2)c(C#N)n1C. The minimum Gasteiger partial charge on any atom is -0.323 e. The van der Waals surface area contributed by atoms with Crippen molar-refractivity contribution in [1.82, 2.24) is 9.55 Å². The van der Waals surface area contributed by atoms with Crippen molar-refractivity contribution in [3.05, 3.63) is 39.6 Å². The maximum Gasteiger partial charge on any atom is 0.143 e. The van der Waals surface area contributed by atoms with Crippen LogP contribution in [-0.4, -0.2) is 9.55 Å². The third-order valence-electron chi connectivity index (χ3n) is 2.69. The molecule has 3 nitrogen and oxygen atoms in total. The van der Waals surface area contributed by atoms with E-state index in [9.17, 15) is 0 Å². The summed E-state index contributed by atoms with van der Waals surface area (Å²) in [4.78, 5) is 5.77. The lowest BCUT2D eigenvalue weighted by Gasteiger charge is -1.97. The van der Waals surface area contributed by atoms with E-state index in [0.29, 0.717) is 5.69 Å². The van der Waals surface area contributed by atoms with Crippen LogP contribution in [0.2, 0.25) is 0 Å². The molecule has 4 heteroatoms. The maximum atomic E-state index is 9.06. The van der Waals surface area contributed by atoms with Crippen molar-refractivity contribution in [1.29, 1.82) is 5.26 Å². The Kier molecular flexibility index (Phi) is 3.07. The Labute approximate surface area is 99.0 Å². The zero-order valence-corrected chi connectivity index (χ0v) is 10.2. The number of nitrogens with zero attached hydrogens (tertiary/aromatic N) is 3. The topological polar surface area (TPSA) is 41.6 Å². The summed E-state index contributed by atoms with van der Waals surface area (Å²) in [6.45, 7) is 1.93. The van der Waals surface area contributed by atoms with Crippen LogP contribution in [0.1, 0.15) is 22.1 Å². The van der Waals surface area contributed by atoms with Crippen LogP contribution in [0.15, 0.2) is 17.5 Å². The molecular weight excluding hydrogens is 218 g/mol.